The first-order chi connectivity index (χ1) is 13.1. The lowest BCUT2D eigenvalue weighted by molar-refractivity contribution is -0.139. The smallest absolute Gasteiger partial charge is 0.336 e. The predicted octanol–water partition coefficient (Wildman–Crippen LogP) is 4.00. The molecule has 6 nitrogen and oxygen atoms in total. The second-order valence-electron chi connectivity index (χ2n) is 5.55. The van der Waals surface area contributed by atoms with Crippen molar-refractivity contribution in [1.29, 1.82) is 0 Å². The fourth-order valence-corrected chi connectivity index (χ4v) is 2.65. The molecule has 2 N–H and O–H groups in total. The van der Waals surface area contributed by atoms with E-state index in [1.165, 1.54) is 13.2 Å². The molecule has 2 aromatic carbocycles. The van der Waals surface area contributed by atoms with Crippen LogP contribution in [0.3, 0.4) is 0 Å². The number of fused-ring (bicyclic) bond motifs is 1. The fourth-order valence-electron chi connectivity index (χ4n) is 2.65. The van der Waals surface area contributed by atoms with Crippen LogP contribution in [0, 0.1) is 0 Å². The molecule has 0 bridgehead atoms. The topological polar surface area (TPSA) is 88.8 Å². The minimum Gasteiger partial charge on any atom is -0.480 e. The van der Waals surface area contributed by atoms with E-state index in [0.717, 1.165) is 16.5 Å². The number of hydrogen-bond acceptors (Lipinski definition) is 5. The van der Waals surface area contributed by atoms with Crippen LogP contribution in [0.1, 0.15) is 13.8 Å². The van der Waals surface area contributed by atoms with E-state index < -0.39 is 17.6 Å². The second kappa shape index (κ2) is 9.54. The average molecular weight is 369 g/mol. The lowest BCUT2D eigenvalue weighted by Crippen LogP contribution is -2.33. The number of ether oxygens (including phenoxy) is 1. The fraction of sp³-hybridized carbons (Fsp3) is 0.238. The summed E-state index contributed by atoms with van der Waals surface area (Å²) >= 11 is 0. The third-order valence-electron chi connectivity index (χ3n) is 3.80. The highest BCUT2D eigenvalue weighted by molar-refractivity contribution is 5.94. The molecule has 1 unspecified atom stereocenters. The van der Waals surface area contributed by atoms with Gasteiger partial charge in [-0.15, -0.1) is 0 Å². The highest BCUT2D eigenvalue weighted by atomic mass is 16.5. The Kier molecular flexibility index (Phi) is 7.14. The first kappa shape index (κ1) is 20.2. The van der Waals surface area contributed by atoms with Crippen molar-refractivity contribution in [2.75, 3.05) is 19.0 Å². The summed E-state index contributed by atoms with van der Waals surface area (Å²) in [5.41, 5.74) is 2.13. The molecule has 0 spiro atoms. The molecule has 0 aliphatic carbocycles. The molecule has 0 amide bonds. The van der Waals surface area contributed by atoms with Gasteiger partial charge in [-0.25, -0.2) is 9.59 Å². The lowest BCUT2D eigenvalue weighted by Gasteiger charge is -2.15. The molecule has 0 saturated carbocycles. The standard InChI is InChI=1S/C19H17NO5.C2H6/c1-24-11-16(19(22)23)20-13-7-8-14-15(12-5-3-2-4-6-12)10-18(21)25-17(14)9-13;1-2/h2-10,16,20H,11H2,1H3,(H,22,23);1-2H3. The van der Waals surface area contributed by atoms with Gasteiger partial charge >= 0.3 is 11.6 Å². The van der Waals surface area contributed by atoms with Crippen LogP contribution in [0.5, 0.6) is 0 Å². The number of carboxylic acids is 1. The number of anilines is 1. The van der Waals surface area contributed by atoms with Crippen LogP contribution >= 0.6 is 0 Å². The van der Waals surface area contributed by atoms with Crippen molar-refractivity contribution in [3.63, 3.8) is 0 Å². The maximum atomic E-state index is 11.9. The summed E-state index contributed by atoms with van der Waals surface area (Å²) in [6.45, 7) is 4.02. The lowest BCUT2D eigenvalue weighted by atomic mass is 10.0. The van der Waals surface area contributed by atoms with Gasteiger partial charge in [0, 0.05) is 30.3 Å². The summed E-state index contributed by atoms with van der Waals surface area (Å²) in [5.74, 6) is -1.03. The zero-order chi connectivity index (χ0) is 19.8. The monoisotopic (exact) mass is 369 g/mol. The molecule has 3 aromatic rings. The molecule has 0 aliphatic heterocycles. The normalized spacial score (nSPS) is 11.4. The molecule has 27 heavy (non-hydrogen) atoms. The Balaban J connectivity index is 0.00000126. The molecule has 0 saturated heterocycles. The van der Waals surface area contributed by atoms with E-state index in [9.17, 15) is 14.7 Å². The summed E-state index contributed by atoms with van der Waals surface area (Å²) in [7, 11) is 1.43. The maximum Gasteiger partial charge on any atom is 0.336 e. The Morgan fingerprint density at radius 2 is 1.85 bits per heavy atom. The van der Waals surface area contributed by atoms with E-state index in [-0.39, 0.29) is 6.61 Å². The van der Waals surface area contributed by atoms with Crippen molar-refractivity contribution < 1.29 is 19.1 Å². The van der Waals surface area contributed by atoms with Crippen LogP contribution in [0.25, 0.3) is 22.1 Å². The number of rotatable bonds is 6. The van der Waals surface area contributed by atoms with Gasteiger partial charge in [0.2, 0.25) is 0 Å². The molecule has 6 heteroatoms. The average Bonchev–Trinajstić information content (AvgIpc) is 2.69. The number of carboxylic acid groups (broad SMARTS) is 1. The Labute approximate surface area is 157 Å². The maximum absolute atomic E-state index is 11.9. The van der Waals surface area contributed by atoms with Crippen LogP contribution in [0.4, 0.5) is 5.69 Å². The van der Waals surface area contributed by atoms with Gasteiger partial charge in [0.05, 0.1) is 6.61 Å². The molecule has 0 fully saturated rings. The van der Waals surface area contributed by atoms with Gasteiger partial charge < -0.3 is 19.6 Å². The van der Waals surface area contributed by atoms with E-state index in [2.05, 4.69) is 5.32 Å². The highest BCUT2D eigenvalue weighted by Crippen LogP contribution is 2.29. The summed E-state index contributed by atoms with van der Waals surface area (Å²) in [4.78, 5) is 23.2. The Hall–Kier alpha value is -3.12. The van der Waals surface area contributed by atoms with Crippen molar-refractivity contribution in [3.8, 4) is 11.1 Å². The van der Waals surface area contributed by atoms with Crippen LogP contribution in [-0.4, -0.2) is 30.8 Å². The molecule has 3 rings (SSSR count). The first-order valence-electron chi connectivity index (χ1n) is 8.70. The molecule has 0 radical (unpaired) electrons. The minimum atomic E-state index is -1.03. The van der Waals surface area contributed by atoms with Crippen LogP contribution < -0.4 is 10.9 Å². The molecular weight excluding hydrogens is 346 g/mol. The van der Waals surface area contributed by atoms with E-state index in [4.69, 9.17) is 9.15 Å². The van der Waals surface area contributed by atoms with Crippen molar-refractivity contribution >= 4 is 22.6 Å². The van der Waals surface area contributed by atoms with Gasteiger partial charge in [-0.1, -0.05) is 44.2 Å². The van der Waals surface area contributed by atoms with Crippen molar-refractivity contribution in [2.24, 2.45) is 0 Å². The van der Waals surface area contributed by atoms with Gasteiger partial charge in [-0.3, -0.25) is 0 Å². The Bertz CT molecular complexity index is 950. The third-order valence-corrected chi connectivity index (χ3v) is 3.80. The predicted molar refractivity (Wildman–Crippen MR) is 106 cm³/mol. The Morgan fingerprint density at radius 1 is 1.15 bits per heavy atom. The van der Waals surface area contributed by atoms with Gasteiger partial charge in [-0.05, 0) is 23.3 Å². The zero-order valence-electron chi connectivity index (χ0n) is 15.6. The van der Waals surface area contributed by atoms with E-state index in [0.29, 0.717) is 11.3 Å². The molecule has 1 aromatic heterocycles. The number of benzene rings is 2. The number of aliphatic carboxylic acids is 1. The summed E-state index contributed by atoms with van der Waals surface area (Å²) in [5, 5.41) is 12.8. The summed E-state index contributed by atoms with van der Waals surface area (Å²) in [6, 6.07) is 15.3. The number of hydrogen-bond donors (Lipinski definition) is 2. The van der Waals surface area contributed by atoms with Crippen LogP contribution in [0.15, 0.2) is 63.8 Å². The number of carbonyl (C=O) groups is 1. The van der Waals surface area contributed by atoms with E-state index >= 15 is 0 Å². The van der Waals surface area contributed by atoms with Gasteiger partial charge in [-0.2, -0.15) is 0 Å². The quantitative estimate of drug-likeness (QED) is 0.639. The van der Waals surface area contributed by atoms with E-state index in [1.54, 1.807) is 18.2 Å². The van der Waals surface area contributed by atoms with E-state index in [1.807, 2.05) is 44.2 Å². The molecular formula is C21H23NO5. The molecule has 0 aliphatic rings. The zero-order valence-corrected chi connectivity index (χ0v) is 15.6. The SMILES string of the molecule is CC.COCC(Nc1ccc2c(-c3ccccc3)cc(=O)oc2c1)C(=O)O. The van der Waals surface area contributed by atoms with Crippen molar-refractivity contribution in [1.82, 2.24) is 0 Å². The summed E-state index contributed by atoms with van der Waals surface area (Å²) in [6.07, 6.45) is 0. The van der Waals surface area contributed by atoms with Crippen molar-refractivity contribution in [3.05, 3.63) is 65.0 Å². The Morgan fingerprint density at radius 3 is 2.48 bits per heavy atom. The third kappa shape index (κ3) is 4.95. The van der Waals surface area contributed by atoms with Gasteiger partial charge in [0.15, 0.2) is 0 Å². The molecule has 142 valence electrons. The van der Waals surface area contributed by atoms with Crippen molar-refractivity contribution in [2.45, 2.75) is 19.9 Å². The van der Waals surface area contributed by atoms with Gasteiger partial charge in [0.25, 0.3) is 0 Å². The minimum absolute atomic E-state index is 0.0153. The highest BCUT2D eigenvalue weighted by Gasteiger charge is 2.17. The first-order valence-corrected chi connectivity index (χ1v) is 8.70. The molecule has 1 atom stereocenters. The largest absolute Gasteiger partial charge is 0.480 e. The van der Waals surface area contributed by atoms with Gasteiger partial charge in [0.1, 0.15) is 11.6 Å². The van der Waals surface area contributed by atoms with Crippen LogP contribution in [-0.2, 0) is 9.53 Å². The molecule has 1 heterocycles. The van der Waals surface area contributed by atoms with Crippen LogP contribution in [0.2, 0.25) is 0 Å². The summed E-state index contributed by atoms with van der Waals surface area (Å²) < 4.78 is 10.2. The second-order valence-corrected chi connectivity index (χ2v) is 5.55. The number of nitrogens with one attached hydrogen (secondary N) is 1. The number of methoxy groups -OCH3 is 1.